The van der Waals surface area contributed by atoms with Gasteiger partial charge in [-0.15, -0.1) is 0 Å². The van der Waals surface area contributed by atoms with Crippen LogP contribution >= 0.6 is 28.1 Å². The summed E-state index contributed by atoms with van der Waals surface area (Å²) < 4.78 is 5.96. The molecule has 0 aromatic heterocycles. The molecule has 0 aliphatic carbocycles. The normalized spacial score (nSPS) is 11.5. The Bertz CT molecular complexity index is 826. The highest BCUT2D eigenvalue weighted by Crippen LogP contribution is 2.29. The molecule has 2 aromatic rings. The van der Waals surface area contributed by atoms with Crippen LogP contribution in [0.15, 0.2) is 40.9 Å². The Morgan fingerprint density at radius 3 is 2.69 bits per heavy atom. The van der Waals surface area contributed by atoms with Crippen molar-refractivity contribution in [2.45, 2.75) is 26.2 Å². The number of hydrogen-bond acceptors (Lipinski definition) is 4. The number of methoxy groups -OCH3 is 1. The summed E-state index contributed by atoms with van der Waals surface area (Å²) in [6, 6.07) is 10.5. The highest BCUT2D eigenvalue weighted by molar-refractivity contribution is 9.10. The van der Waals surface area contributed by atoms with Gasteiger partial charge in [0.1, 0.15) is 11.5 Å². The molecule has 3 N–H and O–H groups in total. The molecule has 0 aliphatic heterocycles. The van der Waals surface area contributed by atoms with Crippen molar-refractivity contribution in [1.29, 1.82) is 0 Å². The van der Waals surface area contributed by atoms with E-state index in [1.807, 2.05) is 12.1 Å². The standard InChI is InChI=1S/C19H21BrN2O3S/c1-4-11(2)12-5-7-16(23)15(9-12)21-19(26)22-18(24)14-10-13(20)6-8-17(14)25-3/h5-11,23H,4H2,1-3H3,(H2,21,22,24,26)/t11-/m0/s1. The fourth-order valence-corrected chi connectivity index (χ4v) is 2.94. The second-order valence-electron chi connectivity index (χ2n) is 5.84. The monoisotopic (exact) mass is 436 g/mol. The van der Waals surface area contributed by atoms with Crippen LogP contribution in [-0.4, -0.2) is 23.2 Å². The minimum atomic E-state index is -0.404. The predicted molar refractivity (Wildman–Crippen MR) is 111 cm³/mol. The molecule has 7 heteroatoms. The van der Waals surface area contributed by atoms with E-state index in [4.69, 9.17) is 17.0 Å². The Labute approximate surface area is 166 Å². The van der Waals surface area contributed by atoms with Crippen molar-refractivity contribution in [3.8, 4) is 11.5 Å². The van der Waals surface area contributed by atoms with E-state index in [-0.39, 0.29) is 10.9 Å². The van der Waals surface area contributed by atoms with Gasteiger partial charge in [-0.2, -0.15) is 0 Å². The Morgan fingerprint density at radius 1 is 1.31 bits per heavy atom. The number of rotatable bonds is 5. The number of aromatic hydroxyl groups is 1. The second-order valence-corrected chi connectivity index (χ2v) is 7.16. The van der Waals surface area contributed by atoms with E-state index >= 15 is 0 Å². The number of ether oxygens (including phenoxy) is 1. The summed E-state index contributed by atoms with van der Waals surface area (Å²) in [4.78, 5) is 12.5. The van der Waals surface area contributed by atoms with Crippen LogP contribution in [0.25, 0.3) is 0 Å². The number of halogens is 1. The molecule has 0 radical (unpaired) electrons. The van der Waals surface area contributed by atoms with E-state index in [0.29, 0.717) is 22.9 Å². The zero-order chi connectivity index (χ0) is 19.3. The molecule has 0 heterocycles. The first-order valence-corrected chi connectivity index (χ1v) is 9.34. The molecular weight excluding hydrogens is 416 g/mol. The lowest BCUT2D eigenvalue weighted by Gasteiger charge is -2.15. The lowest BCUT2D eigenvalue weighted by atomic mass is 9.98. The first-order chi connectivity index (χ1) is 12.3. The van der Waals surface area contributed by atoms with Crippen LogP contribution in [0.2, 0.25) is 0 Å². The minimum Gasteiger partial charge on any atom is -0.506 e. The number of hydrogen-bond donors (Lipinski definition) is 3. The van der Waals surface area contributed by atoms with Crippen LogP contribution in [0.5, 0.6) is 11.5 Å². The van der Waals surface area contributed by atoms with E-state index in [0.717, 1.165) is 16.5 Å². The summed E-state index contributed by atoms with van der Waals surface area (Å²) in [5.41, 5.74) is 1.88. The van der Waals surface area contributed by atoms with E-state index in [1.54, 1.807) is 24.3 Å². The van der Waals surface area contributed by atoms with Crippen LogP contribution in [0.4, 0.5) is 5.69 Å². The number of phenolic OH excluding ortho intramolecular Hbond substituents is 1. The molecule has 0 unspecified atom stereocenters. The van der Waals surface area contributed by atoms with Gasteiger partial charge in [0.05, 0.1) is 18.4 Å². The van der Waals surface area contributed by atoms with Gasteiger partial charge in [0.15, 0.2) is 5.11 Å². The SMILES string of the molecule is CC[C@H](C)c1ccc(O)c(NC(=S)NC(=O)c2cc(Br)ccc2OC)c1. The number of nitrogens with one attached hydrogen (secondary N) is 2. The smallest absolute Gasteiger partial charge is 0.261 e. The van der Waals surface area contributed by atoms with Gasteiger partial charge in [-0.1, -0.05) is 35.8 Å². The van der Waals surface area contributed by atoms with E-state index in [1.165, 1.54) is 7.11 Å². The third-order valence-corrected chi connectivity index (χ3v) is 4.78. The third-order valence-electron chi connectivity index (χ3n) is 4.08. The molecule has 2 aromatic carbocycles. The van der Waals surface area contributed by atoms with Gasteiger partial charge in [-0.25, -0.2) is 0 Å². The zero-order valence-electron chi connectivity index (χ0n) is 14.8. The summed E-state index contributed by atoms with van der Waals surface area (Å²) in [5.74, 6) is 0.451. The van der Waals surface area contributed by atoms with Gasteiger partial charge >= 0.3 is 0 Å². The predicted octanol–water partition coefficient (Wildman–Crippen LogP) is 4.80. The van der Waals surface area contributed by atoms with Crippen LogP contribution in [0.3, 0.4) is 0 Å². The van der Waals surface area contributed by atoms with Gasteiger partial charge < -0.3 is 15.2 Å². The third kappa shape index (κ3) is 4.95. The Morgan fingerprint density at radius 2 is 2.04 bits per heavy atom. The lowest BCUT2D eigenvalue weighted by molar-refractivity contribution is 0.0974. The maximum atomic E-state index is 12.5. The number of carbonyl (C=O) groups excluding carboxylic acids is 1. The molecule has 0 bridgehead atoms. The van der Waals surface area contributed by atoms with Crippen LogP contribution in [-0.2, 0) is 0 Å². The maximum Gasteiger partial charge on any atom is 0.261 e. The van der Waals surface area contributed by atoms with Gasteiger partial charge in [0.2, 0.25) is 0 Å². The molecule has 0 saturated carbocycles. The number of amides is 1. The summed E-state index contributed by atoms with van der Waals surface area (Å²) in [6.07, 6.45) is 0.980. The van der Waals surface area contributed by atoms with Gasteiger partial charge in [0.25, 0.3) is 5.91 Å². The number of thiocarbonyl (C=S) groups is 1. The number of carbonyl (C=O) groups is 1. The van der Waals surface area contributed by atoms with Crippen LogP contribution < -0.4 is 15.4 Å². The summed E-state index contributed by atoms with van der Waals surface area (Å²) in [7, 11) is 1.50. The Balaban J connectivity index is 2.14. The number of phenols is 1. The molecule has 138 valence electrons. The first kappa shape index (κ1) is 20.2. The Hall–Kier alpha value is -2.12. The summed E-state index contributed by atoms with van der Waals surface area (Å²) in [6.45, 7) is 4.21. The molecule has 0 aliphatic rings. The average Bonchev–Trinajstić information content (AvgIpc) is 2.62. The van der Waals surface area contributed by atoms with Crippen LogP contribution in [0.1, 0.15) is 42.1 Å². The maximum absolute atomic E-state index is 12.5. The quantitative estimate of drug-likeness (QED) is 0.463. The second kappa shape index (κ2) is 9.00. The lowest BCUT2D eigenvalue weighted by Crippen LogP contribution is -2.34. The molecule has 26 heavy (non-hydrogen) atoms. The highest BCUT2D eigenvalue weighted by Gasteiger charge is 2.15. The summed E-state index contributed by atoms with van der Waals surface area (Å²) >= 11 is 8.55. The van der Waals surface area contributed by atoms with Gasteiger partial charge in [-0.05, 0) is 60.5 Å². The Kier molecular flexibility index (Phi) is 6.99. The van der Waals surface area contributed by atoms with Crippen molar-refractivity contribution in [2.24, 2.45) is 0 Å². The van der Waals surface area contributed by atoms with Crippen LogP contribution in [0, 0.1) is 0 Å². The highest BCUT2D eigenvalue weighted by atomic mass is 79.9. The fraction of sp³-hybridized carbons (Fsp3) is 0.263. The molecular formula is C19H21BrN2O3S. The number of anilines is 1. The molecule has 2 rings (SSSR count). The largest absolute Gasteiger partial charge is 0.506 e. The fourth-order valence-electron chi connectivity index (χ4n) is 2.38. The molecule has 1 amide bonds. The van der Waals surface area contributed by atoms with E-state index in [2.05, 4.69) is 40.4 Å². The van der Waals surface area contributed by atoms with Crippen molar-refractivity contribution < 1.29 is 14.6 Å². The summed E-state index contributed by atoms with van der Waals surface area (Å²) in [5, 5.41) is 15.6. The molecule has 1 atom stereocenters. The van der Waals surface area contributed by atoms with Crippen molar-refractivity contribution in [2.75, 3.05) is 12.4 Å². The average molecular weight is 437 g/mol. The molecule has 5 nitrogen and oxygen atoms in total. The van der Waals surface area contributed by atoms with Gasteiger partial charge in [0, 0.05) is 4.47 Å². The van der Waals surface area contributed by atoms with Crippen molar-refractivity contribution >= 4 is 44.9 Å². The molecule has 0 spiro atoms. The topological polar surface area (TPSA) is 70.6 Å². The van der Waals surface area contributed by atoms with Crippen molar-refractivity contribution in [1.82, 2.24) is 5.32 Å². The minimum absolute atomic E-state index is 0.0636. The van der Waals surface area contributed by atoms with E-state index < -0.39 is 5.91 Å². The first-order valence-electron chi connectivity index (χ1n) is 8.14. The van der Waals surface area contributed by atoms with Gasteiger partial charge in [-0.3, -0.25) is 10.1 Å². The van der Waals surface area contributed by atoms with Crippen molar-refractivity contribution in [3.63, 3.8) is 0 Å². The van der Waals surface area contributed by atoms with E-state index in [9.17, 15) is 9.90 Å². The number of benzene rings is 2. The molecule has 0 saturated heterocycles. The molecule has 0 fully saturated rings. The zero-order valence-corrected chi connectivity index (χ0v) is 17.2. The van der Waals surface area contributed by atoms with Crippen molar-refractivity contribution in [3.05, 3.63) is 52.0 Å².